The number of carbonyl (C=O) groups excluding carboxylic acids is 1. The van der Waals surface area contributed by atoms with Crippen molar-refractivity contribution in [3.05, 3.63) is 50.9 Å². The fourth-order valence-corrected chi connectivity index (χ4v) is 2.60. The molecule has 0 bridgehead atoms. The first-order chi connectivity index (χ1) is 6.79. The third-order valence-electron chi connectivity index (χ3n) is 1.75. The van der Waals surface area contributed by atoms with E-state index in [9.17, 15) is 4.79 Å². The van der Waals surface area contributed by atoms with Crippen molar-refractivity contribution < 1.29 is 4.79 Å². The van der Waals surface area contributed by atoms with E-state index in [1.54, 1.807) is 24.5 Å². The largest absolute Gasteiger partial charge is 0.288 e. The monoisotopic (exact) mass is 267 g/mol. The van der Waals surface area contributed by atoms with Crippen molar-refractivity contribution in [1.29, 1.82) is 0 Å². The number of hydrogen-bond acceptors (Lipinski definition) is 3. The maximum Gasteiger partial charge on any atom is 0.205 e. The summed E-state index contributed by atoms with van der Waals surface area (Å²) >= 11 is 4.76. The second-order valence-corrected chi connectivity index (χ2v) is 4.44. The number of aromatic nitrogens is 1. The van der Waals surface area contributed by atoms with Crippen molar-refractivity contribution in [2.75, 3.05) is 0 Å². The SMILES string of the molecule is O=C(c1cccnc1)c1sccc1Br. The second kappa shape index (κ2) is 4.02. The smallest absolute Gasteiger partial charge is 0.205 e. The maximum atomic E-state index is 11.9. The molecule has 0 aliphatic heterocycles. The number of hydrogen-bond donors (Lipinski definition) is 0. The Bertz CT molecular complexity index is 452. The molecule has 0 atom stereocenters. The Kier molecular flexibility index (Phi) is 2.74. The first kappa shape index (κ1) is 9.55. The fourth-order valence-electron chi connectivity index (χ4n) is 1.08. The average Bonchev–Trinajstić information content (AvgIpc) is 2.65. The molecule has 0 aromatic carbocycles. The Morgan fingerprint density at radius 2 is 2.29 bits per heavy atom. The molecule has 0 aliphatic rings. The van der Waals surface area contributed by atoms with E-state index in [1.807, 2.05) is 11.4 Å². The van der Waals surface area contributed by atoms with Crippen LogP contribution in [0.3, 0.4) is 0 Å². The number of pyridine rings is 1. The molecule has 2 heterocycles. The fraction of sp³-hybridized carbons (Fsp3) is 0. The number of rotatable bonds is 2. The lowest BCUT2D eigenvalue weighted by atomic mass is 10.2. The summed E-state index contributed by atoms with van der Waals surface area (Å²) in [4.78, 5) is 16.5. The lowest BCUT2D eigenvalue weighted by molar-refractivity contribution is 0.104. The van der Waals surface area contributed by atoms with E-state index in [1.165, 1.54) is 11.3 Å². The lowest BCUT2D eigenvalue weighted by Gasteiger charge is -1.97. The Balaban J connectivity index is 2.39. The van der Waals surface area contributed by atoms with Gasteiger partial charge in [0.05, 0.1) is 4.88 Å². The van der Waals surface area contributed by atoms with Gasteiger partial charge in [0.1, 0.15) is 0 Å². The minimum absolute atomic E-state index is 0.0139. The Morgan fingerprint density at radius 3 is 2.86 bits per heavy atom. The number of halogens is 1. The molecule has 0 spiro atoms. The van der Waals surface area contributed by atoms with Crippen LogP contribution in [0.4, 0.5) is 0 Å². The summed E-state index contributed by atoms with van der Waals surface area (Å²) in [5, 5.41) is 1.88. The summed E-state index contributed by atoms with van der Waals surface area (Å²) in [6.45, 7) is 0. The van der Waals surface area contributed by atoms with E-state index in [4.69, 9.17) is 0 Å². The molecule has 14 heavy (non-hydrogen) atoms. The number of nitrogens with zero attached hydrogens (tertiary/aromatic N) is 1. The maximum absolute atomic E-state index is 11.9. The van der Waals surface area contributed by atoms with Gasteiger partial charge >= 0.3 is 0 Å². The van der Waals surface area contributed by atoms with Gasteiger partial charge in [-0.3, -0.25) is 9.78 Å². The number of carbonyl (C=O) groups is 1. The molecule has 4 heteroatoms. The first-order valence-corrected chi connectivity index (χ1v) is 5.64. The van der Waals surface area contributed by atoms with Crippen LogP contribution in [0.15, 0.2) is 40.4 Å². The van der Waals surface area contributed by atoms with Gasteiger partial charge in [-0.05, 0) is 39.5 Å². The molecule has 0 fully saturated rings. The third kappa shape index (κ3) is 1.76. The summed E-state index contributed by atoms with van der Waals surface area (Å²) in [7, 11) is 0. The van der Waals surface area contributed by atoms with E-state index in [2.05, 4.69) is 20.9 Å². The van der Waals surface area contributed by atoms with Gasteiger partial charge in [-0.25, -0.2) is 0 Å². The molecule has 0 amide bonds. The van der Waals surface area contributed by atoms with Gasteiger partial charge in [-0.1, -0.05) is 0 Å². The zero-order valence-corrected chi connectivity index (χ0v) is 9.51. The highest BCUT2D eigenvalue weighted by Gasteiger charge is 2.13. The predicted molar refractivity (Wildman–Crippen MR) is 59.7 cm³/mol. The van der Waals surface area contributed by atoms with Crippen LogP contribution in [-0.4, -0.2) is 10.8 Å². The van der Waals surface area contributed by atoms with Crippen molar-refractivity contribution in [3.63, 3.8) is 0 Å². The van der Waals surface area contributed by atoms with Gasteiger partial charge in [0.15, 0.2) is 0 Å². The molecule has 0 aliphatic carbocycles. The second-order valence-electron chi connectivity index (χ2n) is 2.67. The van der Waals surface area contributed by atoms with Crippen LogP contribution in [0.5, 0.6) is 0 Å². The van der Waals surface area contributed by atoms with Gasteiger partial charge in [-0.2, -0.15) is 0 Å². The van der Waals surface area contributed by atoms with Crippen LogP contribution < -0.4 is 0 Å². The standard InChI is InChI=1S/C10H6BrNOS/c11-8-3-5-14-10(8)9(13)7-2-1-4-12-6-7/h1-6H. The van der Waals surface area contributed by atoms with Gasteiger partial charge in [0, 0.05) is 22.4 Å². The minimum atomic E-state index is 0.0139. The highest BCUT2D eigenvalue weighted by molar-refractivity contribution is 9.10. The molecule has 0 radical (unpaired) electrons. The third-order valence-corrected chi connectivity index (χ3v) is 3.58. The normalized spacial score (nSPS) is 10.1. The highest BCUT2D eigenvalue weighted by Crippen LogP contribution is 2.25. The van der Waals surface area contributed by atoms with Crippen LogP contribution in [0, 0.1) is 0 Å². The van der Waals surface area contributed by atoms with Crippen LogP contribution in [-0.2, 0) is 0 Å². The van der Waals surface area contributed by atoms with Crippen LogP contribution >= 0.6 is 27.3 Å². The summed E-state index contributed by atoms with van der Waals surface area (Å²) in [5.74, 6) is 0.0139. The zero-order valence-electron chi connectivity index (χ0n) is 7.11. The van der Waals surface area contributed by atoms with E-state index in [0.29, 0.717) is 5.56 Å². The number of thiophene rings is 1. The van der Waals surface area contributed by atoms with Crippen molar-refractivity contribution in [2.24, 2.45) is 0 Å². The highest BCUT2D eigenvalue weighted by atomic mass is 79.9. The molecule has 0 unspecified atom stereocenters. The Labute approximate surface area is 93.7 Å². The van der Waals surface area contributed by atoms with Crippen LogP contribution in [0.1, 0.15) is 15.2 Å². The Morgan fingerprint density at radius 1 is 1.43 bits per heavy atom. The van der Waals surface area contributed by atoms with Crippen LogP contribution in [0.2, 0.25) is 0 Å². The van der Waals surface area contributed by atoms with Gasteiger partial charge in [-0.15, -0.1) is 11.3 Å². The molecule has 70 valence electrons. The molecule has 2 aromatic heterocycles. The van der Waals surface area contributed by atoms with E-state index in [-0.39, 0.29) is 5.78 Å². The van der Waals surface area contributed by atoms with Gasteiger partial charge < -0.3 is 0 Å². The number of ketones is 1. The van der Waals surface area contributed by atoms with Gasteiger partial charge in [0.2, 0.25) is 5.78 Å². The van der Waals surface area contributed by atoms with Crippen molar-refractivity contribution in [1.82, 2.24) is 4.98 Å². The molecule has 0 N–H and O–H groups in total. The summed E-state index contributed by atoms with van der Waals surface area (Å²) in [6.07, 6.45) is 3.23. The van der Waals surface area contributed by atoms with E-state index in [0.717, 1.165) is 9.35 Å². The summed E-state index contributed by atoms with van der Waals surface area (Å²) in [5.41, 5.74) is 0.621. The zero-order chi connectivity index (χ0) is 9.97. The molecule has 2 aromatic rings. The molecular formula is C10H6BrNOS. The predicted octanol–water partition coefficient (Wildman–Crippen LogP) is 3.14. The molecule has 0 saturated carbocycles. The van der Waals surface area contributed by atoms with Crippen LogP contribution in [0.25, 0.3) is 0 Å². The van der Waals surface area contributed by atoms with Crippen molar-refractivity contribution >= 4 is 33.0 Å². The first-order valence-electron chi connectivity index (χ1n) is 3.97. The molecule has 0 saturated heterocycles. The lowest BCUT2D eigenvalue weighted by Crippen LogP contribution is -1.99. The van der Waals surface area contributed by atoms with Gasteiger partial charge in [0.25, 0.3) is 0 Å². The quantitative estimate of drug-likeness (QED) is 0.783. The van der Waals surface area contributed by atoms with E-state index < -0.39 is 0 Å². The average molecular weight is 268 g/mol. The van der Waals surface area contributed by atoms with Crippen molar-refractivity contribution in [3.8, 4) is 0 Å². The van der Waals surface area contributed by atoms with E-state index >= 15 is 0 Å². The van der Waals surface area contributed by atoms with Crippen molar-refractivity contribution in [2.45, 2.75) is 0 Å². The Hall–Kier alpha value is -1.00. The molecule has 2 rings (SSSR count). The summed E-state index contributed by atoms with van der Waals surface area (Å²) < 4.78 is 0.844. The minimum Gasteiger partial charge on any atom is -0.288 e. The summed E-state index contributed by atoms with van der Waals surface area (Å²) in [6, 6.07) is 5.39. The molecular weight excluding hydrogens is 262 g/mol. The topological polar surface area (TPSA) is 30.0 Å². The molecule has 2 nitrogen and oxygen atoms in total.